The summed E-state index contributed by atoms with van der Waals surface area (Å²) in [6.07, 6.45) is 14.7. The van der Waals surface area contributed by atoms with Gasteiger partial charge >= 0.3 is 0 Å². The van der Waals surface area contributed by atoms with Gasteiger partial charge in [0, 0.05) is 23.7 Å². The fourth-order valence-electron chi connectivity index (χ4n) is 7.86. The van der Waals surface area contributed by atoms with E-state index < -0.39 is 0 Å². The van der Waals surface area contributed by atoms with Crippen LogP contribution in [0.25, 0.3) is 6.08 Å². The van der Waals surface area contributed by atoms with Gasteiger partial charge in [-0.25, -0.2) is 0 Å². The molecular weight excluding hydrogens is 360 g/mol. The van der Waals surface area contributed by atoms with E-state index in [4.69, 9.17) is 0 Å². The van der Waals surface area contributed by atoms with Crippen molar-refractivity contribution in [2.24, 2.45) is 34.5 Å². The lowest BCUT2D eigenvalue weighted by atomic mass is 9.45. The van der Waals surface area contributed by atoms with Gasteiger partial charge in [0.2, 0.25) is 0 Å². The number of ketones is 1. The fraction of sp³-hybridized carbons (Fsp3) is 0.760. The Labute approximate surface area is 174 Å². The Morgan fingerprint density at radius 3 is 2.79 bits per heavy atom. The van der Waals surface area contributed by atoms with Crippen molar-refractivity contribution in [3.63, 3.8) is 0 Å². The summed E-state index contributed by atoms with van der Waals surface area (Å²) in [6.45, 7) is 7.71. The molecule has 7 atom stereocenters. The third-order valence-corrected chi connectivity index (χ3v) is 9.60. The van der Waals surface area contributed by atoms with Gasteiger partial charge in [0.05, 0.1) is 12.3 Å². The van der Waals surface area contributed by atoms with Gasteiger partial charge < -0.3 is 5.11 Å². The minimum Gasteiger partial charge on any atom is -0.393 e. The van der Waals surface area contributed by atoms with Crippen molar-refractivity contribution in [3.8, 4) is 0 Å². The zero-order chi connectivity index (χ0) is 20.4. The predicted octanol–water partition coefficient (Wildman–Crippen LogP) is 4.87. The van der Waals surface area contributed by atoms with Crippen LogP contribution in [-0.2, 0) is 11.3 Å². The number of carbonyl (C=O) groups is 1. The minimum absolute atomic E-state index is 0.0925. The van der Waals surface area contributed by atoms with Gasteiger partial charge in [-0.05, 0) is 99.0 Å². The maximum atomic E-state index is 13.5. The number of Topliss-reactive ketones (excluding diaryl/α,β-unsaturated/α-hetero) is 1. The molecule has 0 bridgehead atoms. The average molecular weight is 397 g/mol. The molecule has 4 nitrogen and oxygen atoms in total. The molecule has 29 heavy (non-hydrogen) atoms. The standard InChI is InChI=1S/C25H36N2O2/c1-4-27-15-16(14-26-27)11-17-12-22-20-6-5-18-13-19(28)7-9-24(18,2)21(20)8-10-25(22,3)23(17)29/h11,14-15,18-22,28H,4-10,12-13H2,1-3H3/b17-11-/t18-,19+,20+,21-,22-,24-,25-/m0/s1. The van der Waals surface area contributed by atoms with Crippen molar-refractivity contribution >= 4 is 11.9 Å². The lowest BCUT2D eigenvalue weighted by Gasteiger charge is -2.59. The molecule has 1 aromatic heterocycles. The maximum absolute atomic E-state index is 13.5. The predicted molar refractivity (Wildman–Crippen MR) is 114 cm³/mol. The minimum atomic E-state index is -0.175. The highest BCUT2D eigenvalue weighted by molar-refractivity contribution is 6.05. The molecule has 4 heteroatoms. The summed E-state index contributed by atoms with van der Waals surface area (Å²) in [6, 6.07) is 0. The summed E-state index contributed by atoms with van der Waals surface area (Å²) < 4.78 is 1.93. The molecule has 0 saturated heterocycles. The highest BCUT2D eigenvalue weighted by atomic mass is 16.3. The van der Waals surface area contributed by atoms with Gasteiger partial charge in [0.25, 0.3) is 0 Å². The van der Waals surface area contributed by atoms with Crippen LogP contribution in [0.3, 0.4) is 0 Å². The average Bonchev–Trinajstić information content (AvgIpc) is 3.26. The summed E-state index contributed by atoms with van der Waals surface area (Å²) in [7, 11) is 0. The number of fused-ring (bicyclic) bond motifs is 5. The van der Waals surface area contributed by atoms with Gasteiger partial charge in [0.15, 0.2) is 5.78 Å². The first-order valence-electron chi connectivity index (χ1n) is 11.8. The van der Waals surface area contributed by atoms with Crippen molar-refractivity contribution in [1.29, 1.82) is 0 Å². The molecule has 1 aromatic rings. The lowest BCUT2D eigenvalue weighted by Crippen LogP contribution is -2.54. The molecular formula is C25H36N2O2. The molecule has 4 fully saturated rings. The van der Waals surface area contributed by atoms with E-state index in [1.807, 2.05) is 17.1 Å². The van der Waals surface area contributed by atoms with E-state index in [0.29, 0.717) is 29.0 Å². The van der Waals surface area contributed by atoms with Crippen LogP contribution < -0.4 is 0 Å². The van der Waals surface area contributed by atoms with E-state index in [-0.39, 0.29) is 11.5 Å². The summed E-state index contributed by atoms with van der Waals surface area (Å²) in [5.41, 5.74) is 2.28. The molecule has 0 unspecified atom stereocenters. The molecule has 0 aliphatic heterocycles. The van der Waals surface area contributed by atoms with Crippen LogP contribution in [0.2, 0.25) is 0 Å². The Morgan fingerprint density at radius 2 is 2.03 bits per heavy atom. The topological polar surface area (TPSA) is 55.1 Å². The van der Waals surface area contributed by atoms with Gasteiger partial charge in [-0.3, -0.25) is 9.48 Å². The fourth-order valence-corrected chi connectivity index (χ4v) is 7.86. The van der Waals surface area contributed by atoms with Crippen LogP contribution in [0.15, 0.2) is 18.0 Å². The molecule has 4 saturated carbocycles. The Balaban J connectivity index is 1.43. The second kappa shape index (κ2) is 6.80. The number of carbonyl (C=O) groups excluding carboxylic acids is 1. The number of hydrogen-bond donors (Lipinski definition) is 1. The number of aliphatic hydroxyl groups excluding tert-OH is 1. The number of allylic oxidation sites excluding steroid dienone is 1. The number of aryl methyl sites for hydroxylation is 1. The van der Waals surface area contributed by atoms with Gasteiger partial charge in [0.1, 0.15) is 0 Å². The maximum Gasteiger partial charge on any atom is 0.165 e. The molecule has 4 aliphatic rings. The third-order valence-electron chi connectivity index (χ3n) is 9.60. The zero-order valence-corrected chi connectivity index (χ0v) is 18.2. The van der Waals surface area contributed by atoms with Gasteiger partial charge in [-0.1, -0.05) is 13.8 Å². The quantitative estimate of drug-likeness (QED) is 0.726. The lowest BCUT2D eigenvalue weighted by molar-refractivity contribution is -0.141. The molecule has 1 N–H and O–H groups in total. The number of aliphatic hydroxyl groups is 1. The molecule has 0 amide bonds. The summed E-state index contributed by atoms with van der Waals surface area (Å²) in [5.74, 6) is 2.95. The molecule has 4 aliphatic carbocycles. The van der Waals surface area contributed by atoms with E-state index in [9.17, 15) is 9.90 Å². The van der Waals surface area contributed by atoms with Crippen LogP contribution >= 0.6 is 0 Å². The molecule has 0 radical (unpaired) electrons. The van der Waals surface area contributed by atoms with E-state index in [1.165, 1.54) is 19.3 Å². The van der Waals surface area contributed by atoms with Gasteiger partial charge in [-0.15, -0.1) is 0 Å². The van der Waals surface area contributed by atoms with Crippen LogP contribution in [-0.4, -0.2) is 26.8 Å². The number of rotatable bonds is 2. The van der Waals surface area contributed by atoms with Crippen LogP contribution in [0, 0.1) is 34.5 Å². The molecule has 158 valence electrons. The van der Waals surface area contributed by atoms with Crippen molar-refractivity contribution < 1.29 is 9.90 Å². The van der Waals surface area contributed by atoms with E-state index in [2.05, 4.69) is 31.9 Å². The summed E-state index contributed by atoms with van der Waals surface area (Å²) >= 11 is 0. The normalized spacial score (nSPS) is 45.7. The summed E-state index contributed by atoms with van der Waals surface area (Å²) in [4.78, 5) is 13.5. The van der Waals surface area contributed by atoms with Crippen LogP contribution in [0.4, 0.5) is 0 Å². The molecule has 0 aromatic carbocycles. The number of aromatic nitrogens is 2. The Hall–Kier alpha value is -1.42. The summed E-state index contributed by atoms with van der Waals surface area (Å²) in [5, 5.41) is 14.6. The SMILES string of the molecule is CCn1cc(/C=C2/C[C@H]3[C@@H]4CC[C@H]5C[C@H](O)CC[C@]5(C)[C@H]4CC[C@]3(C)C2=O)cn1. The zero-order valence-electron chi connectivity index (χ0n) is 18.2. The molecule has 0 spiro atoms. The number of hydrogen-bond acceptors (Lipinski definition) is 3. The van der Waals surface area contributed by atoms with E-state index in [1.54, 1.807) is 0 Å². The second-order valence-electron chi connectivity index (χ2n) is 10.9. The smallest absolute Gasteiger partial charge is 0.165 e. The highest BCUT2D eigenvalue weighted by Crippen LogP contribution is 2.66. The Morgan fingerprint density at radius 1 is 1.21 bits per heavy atom. The monoisotopic (exact) mass is 396 g/mol. The third kappa shape index (κ3) is 2.89. The largest absolute Gasteiger partial charge is 0.393 e. The van der Waals surface area contributed by atoms with Crippen molar-refractivity contribution in [2.45, 2.75) is 84.8 Å². The highest BCUT2D eigenvalue weighted by Gasteiger charge is 2.61. The molecule has 5 rings (SSSR count). The van der Waals surface area contributed by atoms with Crippen molar-refractivity contribution in [2.75, 3.05) is 0 Å². The van der Waals surface area contributed by atoms with Crippen molar-refractivity contribution in [1.82, 2.24) is 9.78 Å². The first-order valence-corrected chi connectivity index (χ1v) is 11.8. The van der Waals surface area contributed by atoms with Gasteiger partial charge in [-0.2, -0.15) is 5.10 Å². The Kier molecular flexibility index (Phi) is 4.58. The van der Waals surface area contributed by atoms with Crippen molar-refractivity contribution in [3.05, 3.63) is 23.5 Å². The second-order valence-corrected chi connectivity index (χ2v) is 10.9. The van der Waals surface area contributed by atoms with Crippen LogP contribution in [0.1, 0.15) is 77.7 Å². The van der Waals surface area contributed by atoms with E-state index >= 15 is 0 Å². The first-order chi connectivity index (χ1) is 13.8. The molecule has 1 heterocycles. The Bertz CT molecular complexity index is 842. The number of nitrogens with zero attached hydrogens (tertiary/aromatic N) is 2. The first kappa shape index (κ1) is 19.5. The van der Waals surface area contributed by atoms with E-state index in [0.717, 1.165) is 55.7 Å². The van der Waals surface area contributed by atoms with Crippen LogP contribution in [0.5, 0.6) is 0 Å².